The largest absolute Gasteiger partial charge is 0.383 e. The summed E-state index contributed by atoms with van der Waals surface area (Å²) >= 11 is 0. The van der Waals surface area contributed by atoms with E-state index in [1.807, 2.05) is 18.7 Å². The number of hydrogen-bond donors (Lipinski definition) is 1. The van der Waals surface area contributed by atoms with Crippen LogP contribution in [0.25, 0.3) is 0 Å². The van der Waals surface area contributed by atoms with Gasteiger partial charge in [0.2, 0.25) is 0 Å². The summed E-state index contributed by atoms with van der Waals surface area (Å²) in [5.41, 5.74) is -0.0764. The van der Waals surface area contributed by atoms with Crippen molar-refractivity contribution in [1.29, 1.82) is 0 Å². The van der Waals surface area contributed by atoms with Gasteiger partial charge in [-0.15, -0.1) is 0 Å². The second-order valence-corrected chi connectivity index (χ2v) is 5.79. The van der Waals surface area contributed by atoms with Gasteiger partial charge in [0.25, 0.3) is 5.91 Å². The summed E-state index contributed by atoms with van der Waals surface area (Å²) in [5, 5.41) is 9.88. The fourth-order valence-corrected chi connectivity index (χ4v) is 2.39. The number of likely N-dealkylation sites (tertiary alicyclic amines) is 1. The van der Waals surface area contributed by atoms with Gasteiger partial charge in [-0.1, -0.05) is 27.7 Å². The average molecular weight is 227 g/mol. The van der Waals surface area contributed by atoms with Crippen molar-refractivity contribution in [1.82, 2.24) is 4.90 Å². The van der Waals surface area contributed by atoms with Crippen molar-refractivity contribution in [3.63, 3.8) is 0 Å². The lowest BCUT2D eigenvalue weighted by Crippen LogP contribution is -2.52. The van der Waals surface area contributed by atoms with E-state index < -0.39 is 6.10 Å². The fourth-order valence-electron chi connectivity index (χ4n) is 2.39. The molecule has 0 aromatic carbocycles. The monoisotopic (exact) mass is 227 g/mol. The van der Waals surface area contributed by atoms with Crippen molar-refractivity contribution in [2.24, 2.45) is 11.8 Å². The molecule has 1 heterocycles. The molecule has 1 amide bonds. The standard InChI is InChI=1S/C13H25NO2/c1-9(2)11(15)12(16)14-8-6-7-13(14,5)10(3)4/h9-11,15H,6-8H2,1-5H3. The van der Waals surface area contributed by atoms with E-state index in [1.54, 1.807) is 0 Å². The third-order valence-electron chi connectivity index (χ3n) is 4.08. The summed E-state index contributed by atoms with van der Waals surface area (Å²) in [5.74, 6) is 0.325. The number of aliphatic hydroxyl groups excluding tert-OH is 1. The predicted molar refractivity (Wildman–Crippen MR) is 65.0 cm³/mol. The Balaban J connectivity index is 2.83. The Morgan fingerprint density at radius 2 is 1.88 bits per heavy atom. The highest BCUT2D eigenvalue weighted by molar-refractivity contribution is 5.82. The Bertz CT molecular complexity index is 263. The third kappa shape index (κ3) is 2.24. The Morgan fingerprint density at radius 1 is 1.31 bits per heavy atom. The van der Waals surface area contributed by atoms with E-state index in [2.05, 4.69) is 20.8 Å². The Morgan fingerprint density at radius 3 is 2.31 bits per heavy atom. The van der Waals surface area contributed by atoms with Crippen molar-refractivity contribution in [3.05, 3.63) is 0 Å². The maximum absolute atomic E-state index is 12.2. The molecule has 2 atom stereocenters. The first kappa shape index (κ1) is 13.5. The zero-order valence-electron chi connectivity index (χ0n) is 11.2. The number of carbonyl (C=O) groups excluding carboxylic acids is 1. The van der Waals surface area contributed by atoms with Crippen LogP contribution in [-0.4, -0.2) is 34.1 Å². The van der Waals surface area contributed by atoms with Crippen LogP contribution in [0, 0.1) is 11.8 Å². The van der Waals surface area contributed by atoms with E-state index >= 15 is 0 Å². The smallest absolute Gasteiger partial charge is 0.252 e. The molecule has 0 aromatic heterocycles. The first-order chi connectivity index (χ1) is 7.30. The molecule has 16 heavy (non-hydrogen) atoms. The number of rotatable bonds is 3. The topological polar surface area (TPSA) is 40.5 Å². The van der Waals surface area contributed by atoms with Gasteiger partial charge in [-0.25, -0.2) is 0 Å². The number of hydrogen-bond acceptors (Lipinski definition) is 2. The highest BCUT2D eigenvalue weighted by Gasteiger charge is 2.43. The molecule has 1 N–H and O–H groups in total. The van der Waals surface area contributed by atoms with Gasteiger partial charge in [-0.2, -0.15) is 0 Å². The normalized spacial score (nSPS) is 27.9. The summed E-state index contributed by atoms with van der Waals surface area (Å²) < 4.78 is 0. The first-order valence-corrected chi connectivity index (χ1v) is 6.30. The molecule has 0 aliphatic carbocycles. The molecule has 0 saturated carbocycles. The van der Waals surface area contributed by atoms with Gasteiger partial charge in [0.05, 0.1) is 0 Å². The van der Waals surface area contributed by atoms with E-state index in [0.29, 0.717) is 5.92 Å². The maximum atomic E-state index is 12.2. The van der Waals surface area contributed by atoms with Crippen LogP contribution in [0.5, 0.6) is 0 Å². The number of aliphatic hydroxyl groups is 1. The van der Waals surface area contributed by atoms with Gasteiger partial charge in [-0.05, 0) is 31.6 Å². The predicted octanol–water partition coefficient (Wildman–Crippen LogP) is 2.04. The first-order valence-electron chi connectivity index (χ1n) is 6.30. The lowest BCUT2D eigenvalue weighted by Gasteiger charge is -2.40. The van der Waals surface area contributed by atoms with E-state index in [0.717, 1.165) is 19.4 Å². The Labute approximate surface area is 98.8 Å². The highest BCUT2D eigenvalue weighted by Crippen LogP contribution is 2.36. The van der Waals surface area contributed by atoms with Gasteiger partial charge in [-0.3, -0.25) is 4.79 Å². The molecule has 0 spiro atoms. The van der Waals surface area contributed by atoms with Gasteiger partial charge < -0.3 is 10.0 Å². The lowest BCUT2D eigenvalue weighted by atomic mass is 9.85. The van der Waals surface area contributed by atoms with Crippen molar-refractivity contribution < 1.29 is 9.90 Å². The lowest BCUT2D eigenvalue weighted by molar-refractivity contribution is -0.147. The van der Waals surface area contributed by atoms with Gasteiger partial charge >= 0.3 is 0 Å². The molecule has 3 heteroatoms. The second-order valence-electron chi connectivity index (χ2n) is 5.79. The van der Waals surface area contributed by atoms with Crippen LogP contribution < -0.4 is 0 Å². The molecule has 0 bridgehead atoms. The molecule has 1 rings (SSSR count). The van der Waals surface area contributed by atoms with E-state index in [9.17, 15) is 9.90 Å². The van der Waals surface area contributed by atoms with E-state index in [4.69, 9.17) is 0 Å². The van der Waals surface area contributed by atoms with Crippen LogP contribution in [0.4, 0.5) is 0 Å². The molecule has 1 fully saturated rings. The van der Waals surface area contributed by atoms with Crippen LogP contribution in [-0.2, 0) is 4.79 Å². The van der Waals surface area contributed by atoms with Crippen LogP contribution in [0.2, 0.25) is 0 Å². The Hall–Kier alpha value is -0.570. The summed E-state index contributed by atoms with van der Waals surface area (Å²) in [7, 11) is 0. The molecule has 0 radical (unpaired) electrons. The van der Waals surface area contributed by atoms with Crippen molar-refractivity contribution in [2.75, 3.05) is 6.54 Å². The van der Waals surface area contributed by atoms with E-state index in [-0.39, 0.29) is 17.4 Å². The van der Waals surface area contributed by atoms with Gasteiger partial charge in [0.1, 0.15) is 6.10 Å². The minimum absolute atomic E-state index is 0.00971. The van der Waals surface area contributed by atoms with Crippen molar-refractivity contribution >= 4 is 5.91 Å². The van der Waals surface area contributed by atoms with E-state index in [1.165, 1.54) is 0 Å². The second kappa shape index (κ2) is 4.74. The maximum Gasteiger partial charge on any atom is 0.252 e. The molecule has 1 aliphatic rings. The quantitative estimate of drug-likeness (QED) is 0.801. The Kier molecular flexibility index (Phi) is 4.00. The fraction of sp³-hybridized carbons (Fsp3) is 0.923. The highest BCUT2D eigenvalue weighted by atomic mass is 16.3. The van der Waals surface area contributed by atoms with Gasteiger partial charge in [0, 0.05) is 12.1 Å². The summed E-state index contributed by atoms with van der Waals surface area (Å²) in [6.07, 6.45) is 1.24. The molecule has 1 aliphatic heterocycles. The minimum atomic E-state index is -0.851. The SMILES string of the molecule is CC(C)C(O)C(=O)N1CCCC1(C)C(C)C. The summed E-state index contributed by atoms with van der Waals surface area (Å²) in [6, 6.07) is 0. The number of nitrogens with zero attached hydrogens (tertiary/aromatic N) is 1. The van der Waals surface area contributed by atoms with Gasteiger partial charge in [0.15, 0.2) is 0 Å². The van der Waals surface area contributed by atoms with Crippen LogP contribution in [0.15, 0.2) is 0 Å². The van der Waals surface area contributed by atoms with Crippen LogP contribution >= 0.6 is 0 Å². The molecule has 2 unspecified atom stereocenters. The molecule has 94 valence electrons. The third-order valence-corrected chi connectivity index (χ3v) is 4.08. The molecule has 3 nitrogen and oxygen atoms in total. The molecular formula is C13H25NO2. The summed E-state index contributed by atoms with van der Waals surface area (Å²) in [4.78, 5) is 14.1. The van der Waals surface area contributed by atoms with Crippen molar-refractivity contribution in [2.45, 2.75) is 59.1 Å². The number of carbonyl (C=O) groups is 1. The summed E-state index contributed by atoms with van der Waals surface area (Å²) in [6.45, 7) is 11.0. The zero-order valence-corrected chi connectivity index (χ0v) is 11.2. The van der Waals surface area contributed by atoms with Crippen LogP contribution in [0.3, 0.4) is 0 Å². The number of amides is 1. The molecular weight excluding hydrogens is 202 g/mol. The average Bonchev–Trinajstić information content (AvgIpc) is 2.59. The zero-order chi connectivity index (χ0) is 12.5. The van der Waals surface area contributed by atoms with Crippen LogP contribution in [0.1, 0.15) is 47.5 Å². The molecule has 0 aromatic rings. The minimum Gasteiger partial charge on any atom is -0.383 e. The van der Waals surface area contributed by atoms with Crippen molar-refractivity contribution in [3.8, 4) is 0 Å². The molecule has 1 saturated heterocycles.